The molecule has 6 heteroatoms. The number of carbonyl (C=O) groups is 1. The molecule has 4 rings (SSSR count). The molecule has 0 unspecified atom stereocenters. The van der Waals surface area contributed by atoms with E-state index in [4.69, 9.17) is 21.1 Å². The van der Waals surface area contributed by atoms with Crippen LogP contribution in [0.25, 0.3) is 0 Å². The van der Waals surface area contributed by atoms with Crippen LogP contribution in [0.2, 0.25) is 5.02 Å². The SMILES string of the molecule is COc1cc([C@@H]2C(C#N)=C(C)NC3=C2C(=O)CC(C)(C)C3)ccc1OCc1ccc(Cl)cc1. The van der Waals surface area contributed by atoms with Crippen LogP contribution in [0.15, 0.2) is 65.0 Å². The number of nitrogens with zero attached hydrogens (tertiary/aromatic N) is 1. The molecule has 0 aromatic heterocycles. The van der Waals surface area contributed by atoms with E-state index in [9.17, 15) is 10.1 Å². The maximum absolute atomic E-state index is 13.2. The lowest BCUT2D eigenvalue weighted by Gasteiger charge is -2.38. The highest BCUT2D eigenvalue weighted by Crippen LogP contribution is 2.47. The fraction of sp³-hybridized carbons (Fsp3) is 0.333. The first-order valence-electron chi connectivity index (χ1n) is 10.9. The summed E-state index contributed by atoms with van der Waals surface area (Å²) in [4.78, 5) is 13.2. The molecule has 0 radical (unpaired) electrons. The molecule has 1 heterocycles. The summed E-state index contributed by atoms with van der Waals surface area (Å²) in [5.74, 6) is 0.811. The van der Waals surface area contributed by atoms with Crippen molar-refractivity contribution in [3.8, 4) is 17.6 Å². The van der Waals surface area contributed by atoms with Gasteiger partial charge in [0.2, 0.25) is 0 Å². The zero-order valence-corrected chi connectivity index (χ0v) is 20.0. The molecule has 0 spiro atoms. The smallest absolute Gasteiger partial charge is 0.162 e. The minimum Gasteiger partial charge on any atom is -0.493 e. The summed E-state index contributed by atoms with van der Waals surface area (Å²) in [6, 6.07) is 15.4. The fourth-order valence-corrected chi connectivity index (χ4v) is 4.77. The topological polar surface area (TPSA) is 71.3 Å². The molecule has 1 atom stereocenters. The molecule has 1 aliphatic carbocycles. The zero-order valence-electron chi connectivity index (χ0n) is 19.3. The number of hydrogen-bond acceptors (Lipinski definition) is 5. The van der Waals surface area contributed by atoms with Crippen molar-refractivity contribution in [1.82, 2.24) is 5.32 Å². The van der Waals surface area contributed by atoms with Crippen LogP contribution in [0.5, 0.6) is 11.5 Å². The maximum Gasteiger partial charge on any atom is 0.162 e. The van der Waals surface area contributed by atoms with Crippen molar-refractivity contribution in [3.63, 3.8) is 0 Å². The number of ether oxygens (including phenoxy) is 2. The van der Waals surface area contributed by atoms with Crippen LogP contribution in [0.4, 0.5) is 0 Å². The van der Waals surface area contributed by atoms with E-state index in [0.29, 0.717) is 40.7 Å². The number of rotatable bonds is 5. The van der Waals surface area contributed by atoms with Gasteiger partial charge in [0.05, 0.1) is 24.7 Å². The summed E-state index contributed by atoms with van der Waals surface area (Å²) in [5, 5.41) is 13.9. The molecular weight excluding hydrogens is 436 g/mol. The predicted octanol–water partition coefficient (Wildman–Crippen LogP) is 6.06. The van der Waals surface area contributed by atoms with E-state index in [1.807, 2.05) is 49.4 Å². The van der Waals surface area contributed by atoms with Gasteiger partial charge in [-0.25, -0.2) is 0 Å². The van der Waals surface area contributed by atoms with E-state index >= 15 is 0 Å². The number of methoxy groups -OCH3 is 1. The number of hydrogen-bond donors (Lipinski definition) is 1. The second-order valence-electron chi connectivity index (χ2n) is 9.37. The van der Waals surface area contributed by atoms with Crippen molar-refractivity contribution in [3.05, 3.63) is 81.2 Å². The van der Waals surface area contributed by atoms with Gasteiger partial charge in [-0.1, -0.05) is 43.6 Å². The van der Waals surface area contributed by atoms with E-state index in [1.165, 1.54) is 0 Å². The Bertz CT molecular complexity index is 1200. The Morgan fingerprint density at radius 1 is 1.15 bits per heavy atom. The Balaban J connectivity index is 1.69. The first kappa shape index (κ1) is 22.9. The zero-order chi connectivity index (χ0) is 23.8. The van der Waals surface area contributed by atoms with Crippen molar-refractivity contribution >= 4 is 17.4 Å². The van der Waals surface area contributed by atoms with Crippen molar-refractivity contribution in [2.24, 2.45) is 5.41 Å². The third-order valence-electron chi connectivity index (χ3n) is 6.19. The molecule has 0 fully saturated rings. The molecule has 0 bridgehead atoms. The number of allylic oxidation sites excluding steroid dienone is 4. The van der Waals surface area contributed by atoms with Gasteiger partial charge in [0.25, 0.3) is 0 Å². The lowest BCUT2D eigenvalue weighted by atomic mass is 9.69. The van der Waals surface area contributed by atoms with Crippen LogP contribution in [-0.4, -0.2) is 12.9 Å². The summed E-state index contributed by atoms with van der Waals surface area (Å²) in [6.45, 7) is 6.45. The van der Waals surface area contributed by atoms with Gasteiger partial charge in [0.15, 0.2) is 17.3 Å². The van der Waals surface area contributed by atoms with Crippen molar-refractivity contribution < 1.29 is 14.3 Å². The Hall–Kier alpha value is -3.23. The number of nitriles is 1. The van der Waals surface area contributed by atoms with Crippen molar-refractivity contribution in [2.75, 3.05) is 7.11 Å². The van der Waals surface area contributed by atoms with Gasteiger partial charge < -0.3 is 14.8 Å². The third kappa shape index (κ3) is 4.62. The van der Waals surface area contributed by atoms with Crippen molar-refractivity contribution in [1.29, 1.82) is 5.26 Å². The average molecular weight is 463 g/mol. The lowest BCUT2D eigenvalue weighted by Crippen LogP contribution is -2.36. The number of ketones is 1. The molecule has 1 N–H and O–H groups in total. The van der Waals surface area contributed by atoms with Gasteiger partial charge in [0.1, 0.15) is 6.61 Å². The molecule has 33 heavy (non-hydrogen) atoms. The van der Waals surface area contributed by atoms with Gasteiger partial charge in [0, 0.05) is 28.4 Å². The number of Topliss-reactive ketones (excluding diaryl/α,β-unsaturated/α-hetero) is 1. The maximum atomic E-state index is 13.2. The summed E-state index contributed by atoms with van der Waals surface area (Å²) in [5.41, 5.74) is 4.65. The van der Waals surface area contributed by atoms with Crippen LogP contribution in [0, 0.1) is 16.7 Å². The van der Waals surface area contributed by atoms with Gasteiger partial charge >= 0.3 is 0 Å². The molecule has 2 aromatic carbocycles. The van der Waals surface area contributed by atoms with Gasteiger partial charge in [-0.2, -0.15) is 5.26 Å². The quantitative estimate of drug-likeness (QED) is 0.585. The minimum absolute atomic E-state index is 0.0843. The molecule has 1 aliphatic heterocycles. The largest absolute Gasteiger partial charge is 0.493 e. The molecular formula is C27H27ClN2O3. The highest BCUT2D eigenvalue weighted by Gasteiger charge is 2.41. The van der Waals surface area contributed by atoms with Crippen LogP contribution >= 0.6 is 11.6 Å². The summed E-state index contributed by atoms with van der Waals surface area (Å²) in [7, 11) is 1.59. The van der Waals surface area contributed by atoms with Gasteiger partial charge in [-0.05, 0) is 54.2 Å². The lowest BCUT2D eigenvalue weighted by molar-refractivity contribution is -0.118. The van der Waals surface area contributed by atoms with E-state index < -0.39 is 5.92 Å². The molecule has 2 aliphatic rings. The van der Waals surface area contributed by atoms with Crippen LogP contribution in [0.1, 0.15) is 50.7 Å². The first-order chi connectivity index (χ1) is 15.7. The predicted molar refractivity (Wildman–Crippen MR) is 128 cm³/mol. The van der Waals surface area contributed by atoms with Crippen LogP contribution in [-0.2, 0) is 11.4 Å². The highest BCUT2D eigenvalue weighted by molar-refractivity contribution is 6.30. The average Bonchev–Trinajstić information content (AvgIpc) is 2.77. The molecule has 5 nitrogen and oxygen atoms in total. The Morgan fingerprint density at radius 2 is 1.88 bits per heavy atom. The van der Waals surface area contributed by atoms with E-state index in [-0.39, 0.29) is 11.2 Å². The molecule has 170 valence electrons. The van der Waals surface area contributed by atoms with Crippen LogP contribution < -0.4 is 14.8 Å². The van der Waals surface area contributed by atoms with Crippen molar-refractivity contribution in [2.45, 2.75) is 46.1 Å². The van der Waals surface area contributed by atoms with E-state index in [2.05, 4.69) is 25.2 Å². The molecule has 0 saturated carbocycles. The third-order valence-corrected chi connectivity index (χ3v) is 6.44. The number of halogens is 1. The van der Waals surface area contributed by atoms with E-state index in [0.717, 1.165) is 28.9 Å². The Kier molecular flexibility index (Phi) is 6.23. The van der Waals surface area contributed by atoms with Gasteiger partial charge in [-0.15, -0.1) is 0 Å². The number of nitrogens with one attached hydrogen (secondary N) is 1. The monoisotopic (exact) mass is 462 g/mol. The highest BCUT2D eigenvalue weighted by atomic mass is 35.5. The second kappa shape index (κ2) is 8.96. The number of carbonyl (C=O) groups excluding carboxylic acids is 1. The summed E-state index contributed by atoms with van der Waals surface area (Å²) < 4.78 is 11.6. The second-order valence-corrected chi connectivity index (χ2v) is 9.80. The minimum atomic E-state index is -0.422. The number of benzene rings is 2. The number of dihydropyridines is 1. The summed E-state index contributed by atoms with van der Waals surface area (Å²) >= 11 is 5.96. The Morgan fingerprint density at radius 3 is 2.55 bits per heavy atom. The standard InChI is InChI=1S/C27H27ClN2O3/c1-16-20(14-29)25(26-21(30-16)12-27(2,3)13-22(26)31)18-7-10-23(24(11-18)32-4)33-15-17-5-8-19(28)9-6-17/h5-11,25,30H,12-13,15H2,1-4H3/t25-/m1/s1. The fourth-order valence-electron chi connectivity index (χ4n) is 4.64. The normalized spacial score (nSPS) is 19.5. The molecule has 0 saturated heterocycles. The molecule has 0 amide bonds. The van der Waals surface area contributed by atoms with Gasteiger partial charge in [-0.3, -0.25) is 4.79 Å². The molecule has 2 aromatic rings. The van der Waals surface area contributed by atoms with Crippen LogP contribution in [0.3, 0.4) is 0 Å². The summed E-state index contributed by atoms with van der Waals surface area (Å²) in [6.07, 6.45) is 1.22. The first-order valence-corrected chi connectivity index (χ1v) is 11.3. The van der Waals surface area contributed by atoms with E-state index in [1.54, 1.807) is 7.11 Å². The Labute approximate surface area is 199 Å².